The third-order valence-corrected chi connectivity index (χ3v) is 2.81. The Labute approximate surface area is 91.5 Å². The van der Waals surface area contributed by atoms with E-state index in [2.05, 4.69) is 4.99 Å². The third kappa shape index (κ3) is 2.67. The number of benzene rings is 1. The van der Waals surface area contributed by atoms with Crippen molar-refractivity contribution in [3.63, 3.8) is 0 Å². The number of thioether (sulfide) groups is 1. The Bertz CT molecular complexity index is 398. The zero-order chi connectivity index (χ0) is 10.7. The van der Waals surface area contributed by atoms with Gasteiger partial charge in [-0.25, -0.2) is 4.39 Å². The lowest BCUT2D eigenvalue weighted by Gasteiger charge is -2.03. The van der Waals surface area contributed by atoms with Crippen molar-refractivity contribution >= 4 is 17.5 Å². The molecule has 15 heavy (non-hydrogen) atoms. The summed E-state index contributed by atoms with van der Waals surface area (Å²) in [5, 5.41) is 8.55. The Morgan fingerprint density at radius 3 is 2.60 bits per heavy atom. The number of hydrogen-bond acceptors (Lipinski definition) is 3. The number of nitrogens with zero attached hydrogens (tertiary/aromatic N) is 1. The largest absolute Gasteiger partial charge is 0.356 e. The third-order valence-electron chi connectivity index (χ3n) is 2.07. The van der Waals surface area contributed by atoms with Crippen molar-refractivity contribution in [2.45, 2.75) is 17.0 Å². The second kappa shape index (κ2) is 4.59. The molecule has 0 saturated heterocycles. The van der Waals surface area contributed by atoms with Gasteiger partial charge in [0.05, 0.1) is 5.71 Å². The minimum absolute atomic E-state index is 0.709. The second-order valence-corrected chi connectivity index (χ2v) is 4.20. The second-order valence-electron chi connectivity index (χ2n) is 3.10. The highest BCUT2D eigenvalue weighted by Gasteiger charge is 2.06. The van der Waals surface area contributed by atoms with E-state index < -0.39 is 5.69 Å². The van der Waals surface area contributed by atoms with Gasteiger partial charge in [-0.2, -0.15) is 0 Å². The number of aliphatic hydroxyl groups is 1. The molecule has 1 heterocycles. The molecule has 0 amide bonds. The summed E-state index contributed by atoms with van der Waals surface area (Å²) < 4.78 is 12.3. The Kier molecular flexibility index (Phi) is 3.18. The van der Waals surface area contributed by atoms with Crippen molar-refractivity contribution in [3.8, 4) is 0 Å². The molecule has 0 aromatic heterocycles. The topological polar surface area (TPSA) is 32.6 Å². The van der Waals surface area contributed by atoms with Crippen molar-refractivity contribution in [1.82, 2.24) is 0 Å². The molecule has 1 aliphatic rings. The predicted molar refractivity (Wildman–Crippen MR) is 59.7 cm³/mol. The molecule has 1 aromatic rings. The molecule has 0 fully saturated rings. The van der Waals surface area contributed by atoms with E-state index >= 15 is 0 Å². The summed E-state index contributed by atoms with van der Waals surface area (Å²) in [6.07, 6.45) is 4.62. The number of aliphatic hydroxyl groups excluding tert-OH is 1. The summed E-state index contributed by atoms with van der Waals surface area (Å²) in [4.78, 5) is 4.91. The van der Waals surface area contributed by atoms with Gasteiger partial charge in [0.1, 0.15) is 0 Å². The van der Waals surface area contributed by atoms with Crippen LogP contribution in [-0.4, -0.2) is 16.5 Å². The Morgan fingerprint density at radius 2 is 2.07 bits per heavy atom. The highest BCUT2D eigenvalue weighted by molar-refractivity contribution is 7.99. The van der Waals surface area contributed by atoms with Gasteiger partial charge in [-0.15, -0.1) is 0 Å². The molecule has 0 bridgehead atoms. The highest BCUT2D eigenvalue weighted by atomic mass is 32.2. The van der Waals surface area contributed by atoms with Crippen LogP contribution < -0.4 is 0 Å². The molecule has 2 nitrogen and oxygen atoms in total. The normalized spacial score (nSPS) is 16.5. The molecular weight excluding hydrogens is 213 g/mol. The Hall–Kier alpha value is -1.13. The Morgan fingerprint density at radius 1 is 1.33 bits per heavy atom. The number of rotatable bonds is 3. The molecule has 1 aliphatic heterocycles. The van der Waals surface area contributed by atoms with Gasteiger partial charge < -0.3 is 5.11 Å². The molecule has 4 heteroatoms. The van der Waals surface area contributed by atoms with Gasteiger partial charge in [-0.05, 0) is 17.7 Å². The zero-order valence-corrected chi connectivity index (χ0v) is 8.75. The fraction of sp³-hybridized carbons (Fsp3) is 0.182. The van der Waals surface area contributed by atoms with Crippen molar-refractivity contribution in [2.24, 2.45) is 4.99 Å². The van der Waals surface area contributed by atoms with Crippen molar-refractivity contribution in [3.05, 3.63) is 42.1 Å². The van der Waals surface area contributed by atoms with Crippen LogP contribution in [-0.2, 0) is 0 Å². The van der Waals surface area contributed by atoms with Crippen LogP contribution in [0.1, 0.15) is 12.0 Å². The SMILES string of the molecule is OC(F)Sc1ccc(C2=NC=CC2)cc1. The van der Waals surface area contributed by atoms with E-state index in [4.69, 9.17) is 5.11 Å². The summed E-state index contributed by atoms with van der Waals surface area (Å²) in [5.74, 6) is 0. The molecule has 1 atom stereocenters. The van der Waals surface area contributed by atoms with Crippen molar-refractivity contribution < 1.29 is 9.50 Å². The van der Waals surface area contributed by atoms with Gasteiger partial charge in [-0.1, -0.05) is 30.0 Å². The number of allylic oxidation sites excluding steroid dienone is 1. The number of aliphatic imine (C=N–C) groups is 1. The quantitative estimate of drug-likeness (QED) is 0.631. The van der Waals surface area contributed by atoms with E-state index in [0.717, 1.165) is 29.5 Å². The number of hydrogen-bond donors (Lipinski definition) is 1. The minimum atomic E-state index is -1.86. The van der Waals surface area contributed by atoms with Crippen LogP contribution in [0.15, 0.2) is 46.4 Å². The summed E-state index contributed by atoms with van der Waals surface area (Å²) in [7, 11) is 0. The standard InChI is InChI=1S/C11H10FNOS/c12-11(14)15-9-5-3-8(4-6-9)10-2-1-7-13-10/h1,3-7,11,14H,2H2. The highest BCUT2D eigenvalue weighted by Crippen LogP contribution is 2.23. The van der Waals surface area contributed by atoms with Crippen LogP contribution in [0.25, 0.3) is 0 Å². The van der Waals surface area contributed by atoms with Gasteiger partial charge in [0, 0.05) is 17.5 Å². The fourth-order valence-electron chi connectivity index (χ4n) is 1.39. The van der Waals surface area contributed by atoms with Gasteiger partial charge in [0.15, 0.2) is 0 Å². The van der Waals surface area contributed by atoms with E-state index in [1.165, 1.54) is 0 Å². The van der Waals surface area contributed by atoms with Crippen LogP contribution in [0.2, 0.25) is 0 Å². The first kappa shape index (κ1) is 10.4. The van der Waals surface area contributed by atoms with Crippen LogP contribution in [0, 0.1) is 0 Å². The average molecular weight is 223 g/mol. The van der Waals surface area contributed by atoms with Crippen LogP contribution in [0.3, 0.4) is 0 Å². The molecule has 1 unspecified atom stereocenters. The predicted octanol–water partition coefficient (Wildman–Crippen LogP) is 2.73. The summed E-state index contributed by atoms with van der Waals surface area (Å²) in [6, 6.07) is 7.33. The van der Waals surface area contributed by atoms with E-state index in [9.17, 15) is 4.39 Å². The first-order chi connectivity index (χ1) is 7.25. The maximum atomic E-state index is 12.3. The molecule has 0 aliphatic carbocycles. The summed E-state index contributed by atoms with van der Waals surface area (Å²) in [5.41, 5.74) is 0.200. The lowest BCUT2D eigenvalue weighted by Crippen LogP contribution is -1.96. The first-order valence-corrected chi connectivity index (χ1v) is 5.44. The molecule has 78 valence electrons. The molecular formula is C11H10FNOS. The average Bonchev–Trinajstić information content (AvgIpc) is 2.71. The monoisotopic (exact) mass is 223 g/mol. The molecule has 1 N–H and O–H groups in total. The van der Waals surface area contributed by atoms with E-state index in [1.54, 1.807) is 18.3 Å². The molecule has 2 rings (SSSR count). The van der Waals surface area contributed by atoms with Crippen molar-refractivity contribution in [2.75, 3.05) is 0 Å². The van der Waals surface area contributed by atoms with Gasteiger partial charge >= 0.3 is 0 Å². The lowest BCUT2D eigenvalue weighted by molar-refractivity contribution is 0.129. The smallest absolute Gasteiger partial charge is 0.249 e. The van der Waals surface area contributed by atoms with Crippen molar-refractivity contribution in [1.29, 1.82) is 0 Å². The number of alkyl halides is 1. The molecule has 0 spiro atoms. The molecule has 0 radical (unpaired) electrons. The van der Waals surface area contributed by atoms with Crippen LogP contribution in [0.5, 0.6) is 0 Å². The maximum absolute atomic E-state index is 12.3. The summed E-state index contributed by atoms with van der Waals surface area (Å²) in [6.45, 7) is 0. The van der Waals surface area contributed by atoms with E-state index in [0.29, 0.717) is 4.90 Å². The summed E-state index contributed by atoms with van der Waals surface area (Å²) >= 11 is 0.783. The van der Waals surface area contributed by atoms with Crippen LogP contribution >= 0.6 is 11.8 Å². The zero-order valence-electron chi connectivity index (χ0n) is 7.93. The van der Waals surface area contributed by atoms with E-state index in [1.807, 2.05) is 18.2 Å². The minimum Gasteiger partial charge on any atom is -0.356 e. The lowest BCUT2D eigenvalue weighted by atomic mass is 10.1. The van der Waals surface area contributed by atoms with Gasteiger partial charge in [0.2, 0.25) is 5.69 Å². The van der Waals surface area contributed by atoms with E-state index in [-0.39, 0.29) is 0 Å². The van der Waals surface area contributed by atoms with Crippen LogP contribution in [0.4, 0.5) is 4.39 Å². The first-order valence-electron chi connectivity index (χ1n) is 4.56. The number of halogens is 1. The van der Waals surface area contributed by atoms with Gasteiger partial charge in [0.25, 0.3) is 0 Å². The maximum Gasteiger partial charge on any atom is 0.249 e. The molecule has 0 saturated carbocycles. The molecule has 1 aromatic carbocycles. The fourth-order valence-corrected chi connectivity index (χ4v) is 1.91. The Balaban J connectivity index is 2.10. The van der Waals surface area contributed by atoms with Gasteiger partial charge in [-0.3, -0.25) is 4.99 Å².